The zero-order chi connectivity index (χ0) is 13.7. The molecular formula is C11H12F2N2O3. The highest BCUT2D eigenvalue weighted by Crippen LogP contribution is 2.08. The van der Waals surface area contributed by atoms with Crippen LogP contribution in [0.25, 0.3) is 0 Å². The van der Waals surface area contributed by atoms with Crippen molar-refractivity contribution in [1.29, 1.82) is 0 Å². The number of halogens is 2. The van der Waals surface area contributed by atoms with Crippen LogP contribution in [0.4, 0.5) is 13.6 Å². The Morgan fingerprint density at radius 2 is 2.06 bits per heavy atom. The van der Waals surface area contributed by atoms with E-state index in [0.29, 0.717) is 6.07 Å². The van der Waals surface area contributed by atoms with Gasteiger partial charge in [0.05, 0.1) is 0 Å². The number of carboxylic acid groups (broad SMARTS) is 1. The van der Waals surface area contributed by atoms with Crippen molar-refractivity contribution in [2.45, 2.75) is 19.5 Å². The summed E-state index contributed by atoms with van der Waals surface area (Å²) >= 11 is 0. The summed E-state index contributed by atoms with van der Waals surface area (Å²) in [6.45, 7) is 1.13. The largest absolute Gasteiger partial charge is 0.480 e. The number of benzene rings is 1. The molecule has 1 aromatic carbocycles. The van der Waals surface area contributed by atoms with E-state index in [4.69, 9.17) is 5.11 Å². The van der Waals surface area contributed by atoms with E-state index in [2.05, 4.69) is 10.6 Å². The van der Waals surface area contributed by atoms with E-state index in [9.17, 15) is 18.4 Å². The van der Waals surface area contributed by atoms with Crippen LogP contribution < -0.4 is 10.6 Å². The lowest BCUT2D eigenvalue weighted by molar-refractivity contribution is -0.138. The maximum atomic E-state index is 13.2. The molecule has 0 aliphatic heterocycles. The second kappa shape index (κ2) is 5.95. The summed E-state index contributed by atoms with van der Waals surface area (Å²) in [5.41, 5.74) is 0.106. The number of aliphatic carboxylic acids is 1. The number of hydrogen-bond acceptors (Lipinski definition) is 2. The molecule has 0 aliphatic rings. The maximum Gasteiger partial charge on any atom is 0.325 e. The van der Waals surface area contributed by atoms with Crippen LogP contribution in [0.5, 0.6) is 0 Å². The monoisotopic (exact) mass is 258 g/mol. The molecule has 0 heterocycles. The highest BCUT2D eigenvalue weighted by Gasteiger charge is 2.13. The summed E-state index contributed by atoms with van der Waals surface area (Å²) in [6, 6.07) is 1.18. The van der Waals surface area contributed by atoms with Crippen LogP contribution in [0.2, 0.25) is 0 Å². The van der Waals surface area contributed by atoms with Gasteiger partial charge in [-0.2, -0.15) is 0 Å². The third kappa shape index (κ3) is 4.00. The highest BCUT2D eigenvalue weighted by atomic mass is 19.1. The van der Waals surface area contributed by atoms with Crippen LogP contribution in [0.3, 0.4) is 0 Å². The van der Waals surface area contributed by atoms with Gasteiger partial charge in [-0.25, -0.2) is 13.6 Å². The fraction of sp³-hybridized carbons (Fsp3) is 0.273. The van der Waals surface area contributed by atoms with Crippen molar-refractivity contribution in [3.8, 4) is 0 Å². The Labute approximate surface area is 102 Å². The summed E-state index contributed by atoms with van der Waals surface area (Å²) in [5, 5.41) is 13.0. The number of carbonyl (C=O) groups is 2. The molecule has 0 aliphatic carbocycles. The predicted octanol–water partition coefficient (Wildman–Crippen LogP) is 1.24. The molecule has 0 aromatic heterocycles. The molecule has 7 heteroatoms. The number of rotatable bonds is 4. The molecule has 0 saturated heterocycles. The van der Waals surface area contributed by atoms with Crippen LogP contribution in [0.1, 0.15) is 12.5 Å². The molecule has 1 rings (SSSR count). The standard InChI is InChI=1S/C11H12F2N2O3/c1-6(10(16)17)15-11(18)14-5-7-2-3-8(12)4-9(7)13/h2-4,6H,5H2,1H3,(H,16,17)(H2,14,15,18). The van der Waals surface area contributed by atoms with Gasteiger partial charge in [0, 0.05) is 18.2 Å². The maximum absolute atomic E-state index is 13.2. The van der Waals surface area contributed by atoms with E-state index < -0.39 is 29.7 Å². The van der Waals surface area contributed by atoms with Crippen molar-refractivity contribution in [1.82, 2.24) is 10.6 Å². The molecular weight excluding hydrogens is 246 g/mol. The van der Waals surface area contributed by atoms with Gasteiger partial charge in [0.15, 0.2) is 0 Å². The summed E-state index contributed by atoms with van der Waals surface area (Å²) in [6.07, 6.45) is 0. The Bertz CT molecular complexity index is 466. The lowest BCUT2D eigenvalue weighted by Gasteiger charge is -2.11. The van der Waals surface area contributed by atoms with Crippen molar-refractivity contribution in [2.75, 3.05) is 0 Å². The zero-order valence-electron chi connectivity index (χ0n) is 9.54. The normalized spacial score (nSPS) is 11.7. The molecule has 0 fully saturated rings. The third-order valence-corrected chi connectivity index (χ3v) is 2.17. The van der Waals surface area contributed by atoms with E-state index in [1.165, 1.54) is 13.0 Å². The van der Waals surface area contributed by atoms with Gasteiger partial charge >= 0.3 is 12.0 Å². The van der Waals surface area contributed by atoms with Gasteiger partial charge in [-0.1, -0.05) is 6.07 Å². The lowest BCUT2D eigenvalue weighted by atomic mass is 10.2. The molecule has 1 unspecified atom stereocenters. The number of carbonyl (C=O) groups excluding carboxylic acids is 1. The lowest BCUT2D eigenvalue weighted by Crippen LogP contribution is -2.44. The molecule has 98 valence electrons. The number of nitrogens with one attached hydrogen (secondary N) is 2. The molecule has 18 heavy (non-hydrogen) atoms. The van der Waals surface area contributed by atoms with Crippen LogP contribution in [0, 0.1) is 11.6 Å². The van der Waals surface area contributed by atoms with Crippen molar-refractivity contribution in [3.63, 3.8) is 0 Å². The SMILES string of the molecule is CC(NC(=O)NCc1ccc(F)cc1F)C(=O)O. The number of carboxylic acids is 1. The van der Waals surface area contributed by atoms with E-state index in [-0.39, 0.29) is 12.1 Å². The topological polar surface area (TPSA) is 78.4 Å². The Balaban J connectivity index is 2.50. The molecule has 1 atom stereocenters. The zero-order valence-corrected chi connectivity index (χ0v) is 9.54. The minimum absolute atomic E-state index is 0.106. The molecule has 2 amide bonds. The summed E-state index contributed by atoms with van der Waals surface area (Å²) in [7, 11) is 0. The molecule has 0 spiro atoms. The number of urea groups is 1. The van der Waals surface area contributed by atoms with Gasteiger partial charge in [-0.05, 0) is 13.0 Å². The second-order valence-corrected chi connectivity index (χ2v) is 3.62. The number of amides is 2. The smallest absolute Gasteiger partial charge is 0.325 e. The van der Waals surface area contributed by atoms with E-state index in [0.717, 1.165) is 6.07 Å². The van der Waals surface area contributed by atoms with Gasteiger partial charge in [0.1, 0.15) is 17.7 Å². The van der Waals surface area contributed by atoms with Gasteiger partial charge in [-0.3, -0.25) is 4.79 Å². The van der Waals surface area contributed by atoms with Gasteiger partial charge in [0.25, 0.3) is 0 Å². The minimum Gasteiger partial charge on any atom is -0.480 e. The Morgan fingerprint density at radius 3 is 2.61 bits per heavy atom. The van der Waals surface area contributed by atoms with Crippen molar-refractivity contribution in [2.24, 2.45) is 0 Å². The Morgan fingerprint density at radius 1 is 1.39 bits per heavy atom. The van der Waals surface area contributed by atoms with E-state index in [1.54, 1.807) is 0 Å². The molecule has 0 radical (unpaired) electrons. The van der Waals surface area contributed by atoms with Crippen LogP contribution in [-0.4, -0.2) is 23.1 Å². The van der Waals surface area contributed by atoms with Gasteiger partial charge < -0.3 is 15.7 Å². The quantitative estimate of drug-likeness (QED) is 0.760. The minimum atomic E-state index is -1.18. The summed E-state index contributed by atoms with van der Waals surface area (Å²) in [5.74, 6) is -2.67. The molecule has 0 bridgehead atoms. The average Bonchev–Trinajstić information content (AvgIpc) is 2.27. The first-order valence-corrected chi connectivity index (χ1v) is 5.11. The van der Waals surface area contributed by atoms with Gasteiger partial charge in [0.2, 0.25) is 0 Å². The van der Waals surface area contributed by atoms with Crippen molar-refractivity contribution < 1.29 is 23.5 Å². The Kier molecular flexibility index (Phi) is 4.59. The summed E-state index contributed by atoms with van der Waals surface area (Å²) < 4.78 is 25.8. The predicted molar refractivity (Wildman–Crippen MR) is 58.8 cm³/mol. The molecule has 5 nitrogen and oxygen atoms in total. The second-order valence-electron chi connectivity index (χ2n) is 3.62. The number of hydrogen-bond donors (Lipinski definition) is 3. The first kappa shape index (κ1) is 13.9. The summed E-state index contributed by atoms with van der Waals surface area (Å²) in [4.78, 5) is 21.7. The van der Waals surface area contributed by atoms with Crippen LogP contribution >= 0.6 is 0 Å². The van der Waals surface area contributed by atoms with Gasteiger partial charge in [-0.15, -0.1) is 0 Å². The fourth-order valence-corrected chi connectivity index (χ4v) is 1.15. The molecule has 0 saturated carbocycles. The van der Waals surface area contributed by atoms with E-state index in [1.807, 2.05) is 0 Å². The molecule has 3 N–H and O–H groups in total. The van der Waals surface area contributed by atoms with Crippen molar-refractivity contribution in [3.05, 3.63) is 35.4 Å². The first-order valence-electron chi connectivity index (χ1n) is 5.11. The third-order valence-electron chi connectivity index (χ3n) is 2.17. The van der Waals surface area contributed by atoms with E-state index >= 15 is 0 Å². The fourth-order valence-electron chi connectivity index (χ4n) is 1.15. The van der Waals surface area contributed by atoms with Crippen LogP contribution in [-0.2, 0) is 11.3 Å². The van der Waals surface area contributed by atoms with Crippen molar-refractivity contribution >= 4 is 12.0 Å². The first-order chi connectivity index (χ1) is 8.40. The molecule has 1 aromatic rings. The highest BCUT2D eigenvalue weighted by molar-refractivity contribution is 5.82. The average molecular weight is 258 g/mol. The van der Waals surface area contributed by atoms with Crippen LogP contribution in [0.15, 0.2) is 18.2 Å². The Hall–Kier alpha value is -2.18.